The fraction of sp³-hybridized carbons (Fsp3) is 0.269. The molecule has 1 saturated heterocycles. The van der Waals surface area contributed by atoms with Crippen molar-refractivity contribution in [2.24, 2.45) is 5.73 Å². The third kappa shape index (κ3) is 4.61. The fourth-order valence-corrected chi connectivity index (χ4v) is 4.78. The number of aromatic nitrogens is 3. The van der Waals surface area contributed by atoms with E-state index in [1.165, 1.54) is 17.5 Å². The van der Waals surface area contributed by atoms with Crippen LogP contribution in [0.15, 0.2) is 60.8 Å². The number of nitrogens with one attached hydrogen (secondary N) is 2. The quantitative estimate of drug-likeness (QED) is 0.373. The second-order valence-corrected chi connectivity index (χ2v) is 9.05. The van der Waals surface area contributed by atoms with E-state index in [0.29, 0.717) is 24.3 Å². The minimum atomic E-state index is -0.621. The predicted octanol–water partition coefficient (Wildman–Crippen LogP) is 4.25. The van der Waals surface area contributed by atoms with Gasteiger partial charge in [-0.05, 0) is 54.6 Å². The minimum absolute atomic E-state index is 0.229. The van der Waals surface area contributed by atoms with Gasteiger partial charge in [-0.2, -0.15) is 10.4 Å². The molecule has 0 bridgehead atoms. The summed E-state index contributed by atoms with van der Waals surface area (Å²) in [5, 5.41) is 18.5. The molecule has 2 aromatic heterocycles. The van der Waals surface area contributed by atoms with Gasteiger partial charge in [0.05, 0.1) is 18.0 Å². The lowest BCUT2D eigenvalue weighted by molar-refractivity contribution is 0.0962. The molecule has 1 fully saturated rings. The maximum absolute atomic E-state index is 13.3. The summed E-state index contributed by atoms with van der Waals surface area (Å²) in [6.45, 7) is 2.35. The Morgan fingerprint density at radius 3 is 2.63 bits per heavy atom. The molecule has 2 aromatic carbocycles. The SMILES string of the molecule is N#CCC1(n2cc(C(N)=O)c(Nc3ccc(F)cc3)n2)CCN(Cc2cc3ccccc3[nH]2)CC1. The molecular weight excluding hydrogens is 445 g/mol. The summed E-state index contributed by atoms with van der Waals surface area (Å²) in [7, 11) is 0. The Morgan fingerprint density at radius 2 is 1.94 bits per heavy atom. The standard InChI is InChI=1S/C26H26FN7O/c27-19-5-7-20(8-6-19)31-25-22(24(29)35)17-34(32-25)26(9-12-28)10-13-33(14-11-26)16-21-15-18-3-1-2-4-23(18)30-21/h1-8,15,17,30H,9-11,13-14,16H2,(H2,29,35)(H,31,32). The first kappa shape index (κ1) is 22.6. The molecular formula is C26H26FN7O. The molecule has 5 rings (SSSR count). The van der Waals surface area contributed by atoms with Crippen molar-refractivity contribution in [2.45, 2.75) is 31.3 Å². The van der Waals surface area contributed by atoms with Crippen LogP contribution in [0, 0.1) is 17.1 Å². The molecule has 3 heterocycles. The van der Waals surface area contributed by atoms with Crippen LogP contribution in [-0.4, -0.2) is 38.7 Å². The third-order valence-corrected chi connectivity index (χ3v) is 6.75. The number of halogens is 1. The van der Waals surface area contributed by atoms with Crippen molar-refractivity contribution in [3.63, 3.8) is 0 Å². The summed E-state index contributed by atoms with van der Waals surface area (Å²) in [5.74, 6) is -0.686. The molecule has 8 nitrogen and oxygen atoms in total. The number of carbonyl (C=O) groups is 1. The topological polar surface area (TPSA) is 116 Å². The van der Waals surface area contributed by atoms with Gasteiger partial charge in [0.25, 0.3) is 5.91 Å². The van der Waals surface area contributed by atoms with Gasteiger partial charge in [0.1, 0.15) is 11.4 Å². The van der Waals surface area contributed by atoms with Crippen LogP contribution in [0.25, 0.3) is 10.9 Å². The number of H-pyrrole nitrogens is 1. The molecule has 0 saturated carbocycles. The van der Waals surface area contributed by atoms with Crippen molar-refractivity contribution in [1.82, 2.24) is 19.7 Å². The van der Waals surface area contributed by atoms with Crippen LogP contribution in [0.1, 0.15) is 35.3 Å². The summed E-state index contributed by atoms with van der Waals surface area (Å²) >= 11 is 0. The fourth-order valence-electron chi connectivity index (χ4n) is 4.78. The number of hydrogen-bond acceptors (Lipinski definition) is 5. The Hall–Kier alpha value is -4.16. The number of fused-ring (bicyclic) bond motifs is 1. The average Bonchev–Trinajstić information content (AvgIpc) is 3.46. The van der Waals surface area contributed by atoms with E-state index in [0.717, 1.165) is 30.8 Å². The lowest BCUT2D eigenvalue weighted by Gasteiger charge is -2.40. The van der Waals surface area contributed by atoms with E-state index in [-0.39, 0.29) is 17.8 Å². The predicted molar refractivity (Wildman–Crippen MR) is 131 cm³/mol. The molecule has 1 amide bonds. The Labute approximate surface area is 202 Å². The number of para-hydroxylation sites is 1. The Balaban J connectivity index is 1.35. The number of aromatic amines is 1. The Morgan fingerprint density at radius 1 is 1.20 bits per heavy atom. The summed E-state index contributed by atoms with van der Waals surface area (Å²) in [4.78, 5) is 18.0. The number of piperidine rings is 1. The first-order valence-corrected chi connectivity index (χ1v) is 11.5. The summed E-state index contributed by atoms with van der Waals surface area (Å²) < 4.78 is 15.0. The molecule has 4 N–H and O–H groups in total. The van der Waals surface area contributed by atoms with Gasteiger partial charge in [-0.15, -0.1) is 0 Å². The van der Waals surface area contributed by atoms with Gasteiger partial charge in [0.2, 0.25) is 0 Å². The minimum Gasteiger partial charge on any atom is -0.365 e. The monoisotopic (exact) mass is 471 g/mol. The number of nitriles is 1. The van der Waals surface area contributed by atoms with E-state index in [2.05, 4.69) is 44.6 Å². The van der Waals surface area contributed by atoms with Crippen molar-refractivity contribution in [3.8, 4) is 6.07 Å². The number of amides is 1. The third-order valence-electron chi connectivity index (χ3n) is 6.75. The second kappa shape index (κ2) is 9.24. The van der Waals surface area contributed by atoms with Crippen molar-refractivity contribution in [3.05, 3.63) is 77.9 Å². The number of benzene rings is 2. The van der Waals surface area contributed by atoms with E-state index in [1.807, 2.05) is 12.1 Å². The zero-order valence-electron chi connectivity index (χ0n) is 19.2. The van der Waals surface area contributed by atoms with Crippen LogP contribution >= 0.6 is 0 Å². The summed E-state index contributed by atoms with van der Waals surface area (Å²) in [6, 6.07) is 18.5. The van der Waals surface area contributed by atoms with Crippen molar-refractivity contribution in [2.75, 3.05) is 18.4 Å². The number of carbonyl (C=O) groups excluding carboxylic acids is 1. The molecule has 0 unspecified atom stereocenters. The molecule has 35 heavy (non-hydrogen) atoms. The van der Waals surface area contributed by atoms with Gasteiger partial charge in [-0.1, -0.05) is 18.2 Å². The first-order valence-electron chi connectivity index (χ1n) is 11.5. The first-order chi connectivity index (χ1) is 17.0. The maximum Gasteiger partial charge on any atom is 0.254 e. The van der Waals surface area contributed by atoms with Gasteiger partial charge in [0, 0.05) is 42.7 Å². The van der Waals surface area contributed by atoms with Gasteiger partial charge in [0.15, 0.2) is 5.82 Å². The van der Waals surface area contributed by atoms with Crippen molar-refractivity contribution >= 4 is 28.3 Å². The number of hydrogen-bond donors (Lipinski definition) is 3. The van der Waals surface area contributed by atoms with Crippen LogP contribution in [-0.2, 0) is 12.1 Å². The summed E-state index contributed by atoms with van der Waals surface area (Å²) in [6.07, 6.45) is 3.30. The van der Waals surface area contributed by atoms with Gasteiger partial charge < -0.3 is 16.0 Å². The lowest BCUT2D eigenvalue weighted by atomic mass is 9.85. The van der Waals surface area contributed by atoms with Crippen LogP contribution in [0.3, 0.4) is 0 Å². The largest absolute Gasteiger partial charge is 0.365 e. The number of likely N-dealkylation sites (tertiary alicyclic amines) is 1. The molecule has 1 aliphatic rings. The van der Waals surface area contributed by atoms with Gasteiger partial charge >= 0.3 is 0 Å². The molecule has 0 radical (unpaired) electrons. The molecule has 0 atom stereocenters. The van der Waals surface area contributed by atoms with Crippen LogP contribution < -0.4 is 11.1 Å². The number of anilines is 2. The number of primary amides is 1. The molecule has 9 heteroatoms. The highest BCUT2D eigenvalue weighted by Crippen LogP contribution is 2.35. The molecule has 178 valence electrons. The lowest BCUT2D eigenvalue weighted by Crippen LogP contribution is -2.46. The zero-order chi connectivity index (χ0) is 24.4. The Kier molecular flexibility index (Phi) is 5.97. The van der Waals surface area contributed by atoms with E-state index in [9.17, 15) is 14.4 Å². The maximum atomic E-state index is 13.3. The molecule has 0 spiro atoms. The normalized spacial score (nSPS) is 15.7. The number of nitrogens with two attached hydrogens (primary N) is 1. The summed E-state index contributed by atoms with van der Waals surface area (Å²) in [5.41, 5.74) is 8.17. The highest BCUT2D eigenvalue weighted by Gasteiger charge is 2.38. The zero-order valence-corrected chi connectivity index (χ0v) is 19.2. The van der Waals surface area contributed by atoms with Crippen LogP contribution in [0.5, 0.6) is 0 Å². The van der Waals surface area contributed by atoms with E-state index in [1.54, 1.807) is 23.0 Å². The van der Waals surface area contributed by atoms with Gasteiger partial charge in [-0.3, -0.25) is 14.4 Å². The van der Waals surface area contributed by atoms with Crippen LogP contribution in [0.2, 0.25) is 0 Å². The molecule has 0 aliphatic carbocycles. The van der Waals surface area contributed by atoms with Crippen molar-refractivity contribution in [1.29, 1.82) is 5.26 Å². The highest BCUT2D eigenvalue weighted by atomic mass is 19.1. The van der Waals surface area contributed by atoms with E-state index >= 15 is 0 Å². The van der Waals surface area contributed by atoms with E-state index < -0.39 is 11.4 Å². The average molecular weight is 472 g/mol. The second-order valence-electron chi connectivity index (χ2n) is 9.05. The number of nitrogens with zero attached hydrogens (tertiary/aromatic N) is 4. The van der Waals surface area contributed by atoms with E-state index in [4.69, 9.17) is 5.73 Å². The molecule has 4 aromatic rings. The highest BCUT2D eigenvalue weighted by molar-refractivity contribution is 5.98. The smallest absolute Gasteiger partial charge is 0.254 e. The van der Waals surface area contributed by atoms with Gasteiger partial charge in [-0.25, -0.2) is 4.39 Å². The number of rotatable bonds is 7. The molecule has 1 aliphatic heterocycles. The van der Waals surface area contributed by atoms with Crippen LogP contribution in [0.4, 0.5) is 15.9 Å². The van der Waals surface area contributed by atoms with Crippen molar-refractivity contribution < 1.29 is 9.18 Å². The Bertz CT molecular complexity index is 1360.